The van der Waals surface area contributed by atoms with E-state index in [2.05, 4.69) is 62.4 Å². The SMILES string of the molecule is CON=C(C(=O)NC1C(=O)N2C(C(=O)OC(c3ccccc3)c3ccccc3)=C(C=CSc3nnc(CN(C)C)s3)CSC12)c1csc(NC(c2ccccc2)(c2ccccc2)c2ccccc2)n1. The molecule has 1 fully saturated rings. The summed E-state index contributed by atoms with van der Waals surface area (Å²) in [6.45, 7) is 0.666. The fourth-order valence-corrected chi connectivity index (χ4v) is 12.0. The van der Waals surface area contributed by atoms with Gasteiger partial charge in [0.1, 0.15) is 40.5 Å². The highest BCUT2D eigenvalue weighted by Crippen LogP contribution is 2.43. The molecule has 2 aliphatic rings. The monoisotopic (exact) mass is 990 g/mol. The van der Waals surface area contributed by atoms with Gasteiger partial charge >= 0.3 is 5.97 Å². The molecule has 9 rings (SSSR count). The van der Waals surface area contributed by atoms with Crippen LogP contribution in [-0.2, 0) is 36.0 Å². The summed E-state index contributed by atoms with van der Waals surface area (Å²) in [7, 11) is 5.29. The van der Waals surface area contributed by atoms with E-state index in [0.717, 1.165) is 37.2 Å². The molecule has 0 aliphatic carbocycles. The molecular formula is C52H46N8O5S4. The lowest BCUT2D eigenvalue weighted by Crippen LogP contribution is -2.71. The van der Waals surface area contributed by atoms with Gasteiger partial charge in [0.25, 0.3) is 11.8 Å². The number of hydrogen-bond acceptors (Lipinski definition) is 15. The van der Waals surface area contributed by atoms with Crippen molar-refractivity contribution in [1.29, 1.82) is 0 Å². The summed E-state index contributed by atoms with van der Waals surface area (Å²) in [5.41, 5.74) is 4.45. The predicted molar refractivity (Wildman–Crippen MR) is 274 cm³/mol. The number of nitrogens with zero attached hydrogens (tertiary/aromatic N) is 6. The van der Waals surface area contributed by atoms with E-state index in [1.54, 1.807) is 5.38 Å². The number of nitrogens with one attached hydrogen (secondary N) is 2. The molecule has 0 bridgehead atoms. The van der Waals surface area contributed by atoms with Crippen LogP contribution in [0.5, 0.6) is 0 Å². The average Bonchev–Trinajstić information content (AvgIpc) is 4.05. The second-order valence-electron chi connectivity index (χ2n) is 16.1. The van der Waals surface area contributed by atoms with Crippen LogP contribution in [0.2, 0.25) is 0 Å². The summed E-state index contributed by atoms with van der Waals surface area (Å²) in [6.07, 6.45) is 1.06. The number of allylic oxidation sites excluding steroid dienone is 1. The molecule has 2 N–H and O–H groups in total. The van der Waals surface area contributed by atoms with Gasteiger partial charge in [-0.1, -0.05) is 180 Å². The molecule has 1 saturated heterocycles. The van der Waals surface area contributed by atoms with Crippen molar-refractivity contribution in [2.75, 3.05) is 32.3 Å². The Morgan fingerprint density at radius 1 is 0.855 bits per heavy atom. The molecule has 17 heteroatoms. The van der Waals surface area contributed by atoms with Gasteiger partial charge in [-0.3, -0.25) is 14.5 Å². The number of esters is 1. The number of rotatable bonds is 18. The van der Waals surface area contributed by atoms with E-state index in [0.29, 0.717) is 23.0 Å². The van der Waals surface area contributed by atoms with Gasteiger partial charge in [-0.25, -0.2) is 9.78 Å². The molecule has 0 saturated carbocycles. The Labute approximate surface area is 416 Å². The van der Waals surface area contributed by atoms with E-state index in [9.17, 15) is 14.4 Å². The van der Waals surface area contributed by atoms with Crippen LogP contribution in [0.4, 0.5) is 5.13 Å². The zero-order valence-electron chi connectivity index (χ0n) is 37.7. The second kappa shape index (κ2) is 21.6. The number of thioether (sulfide) groups is 2. The predicted octanol–water partition coefficient (Wildman–Crippen LogP) is 9.10. The molecule has 2 unspecified atom stereocenters. The van der Waals surface area contributed by atoms with E-state index in [-0.39, 0.29) is 17.1 Å². The van der Waals surface area contributed by atoms with Crippen molar-refractivity contribution in [2.45, 2.75) is 33.9 Å². The maximum absolute atomic E-state index is 14.6. The Balaban J connectivity index is 0.982. The van der Waals surface area contributed by atoms with Gasteiger partial charge in [-0.15, -0.1) is 33.3 Å². The minimum absolute atomic E-state index is 0.105. The Hall–Kier alpha value is -6.89. The molecule has 2 aromatic heterocycles. The number of fused-ring (bicyclic) bond motifs is 1. The quantitative estimate of drug-likeness (QED) is 0.0211. The summed E-state index contributed by atoms with van der Waals surface area (Å²) >= 11 is 5.60. The number of oxime groups is 1. The highest BCUT2D eigenvalue weighted by Gasteiger charge is 2.55. The van der Waals surface area contributed by atoms with Crippen molar-refractivity contribution in [3.8, 4) is 0 Å². The van der Waals surface area contributed by atoms with E-state index in [4.69, 9.17) is 14.6 Å². The number of benzene rings is 5. The maximum Gasteiger partial charge on any atom is 0.356 e. The lowest BCUT2D eigenvalue weighted by Gasteiger charge is -2.49. The van der Waals surface area contributed by atoms with E-state index in [1.165, 1.54) is 58.2 Å². The number of hydrogen-bond donors (Lipinski definition) is 2. The lowest BCUT2D eigenvalue weighted by molar-refractivity contribution is -0.154. The average molecular weight is 991 g/mol. The molecular weight excluding hydrogens is 945 g/mol. The molecule has 0 spiro atoms. The van der Waals surface area contributed by atoms with Gasteiger partial charge in [-0.2, -0.15) is 0 Å². The van der Waals surface area contributed by atoms with E-state index < -0.39 is 40.8 Å². The fraction of sp³-hybridized carbons (Fsp3) is 0.173. The van der Waals surface area contributed by atoms with Crippen molar-refractivity contribution in [1.82, 2.24) is 30.3 Å². The normalized spacial score (nSPS) is 16.1. The molecule has 4 heterocycles. The van der Waals surface area contributed by atoms with Crippen LogP contribution < -0.4 is 10.6 Å². The van der Waals surface area contributed by atoms with Crippen molar-refractivity contribution in [3.63, 3.8) is 0 Å². The standard InChI is InChI=1S/C52H46N8O5S4/c1-59(2)31-41-56-57-51(69-41)66-30-29-36-32-67-48-43(47(62)60(48)44(36)49(63)65-45(34-19-9-4-10-20-34)35-21-11-5-12-22-35)54-46(61)42(58-64-3)40-33-68-50(53-40)55-52(37-23-13-6-14-24-37,38-25-15-7-16-26-38)39-27-17-8-18-28-39/h4-30,33,43,45,48H,31-32H2,1-3H3,(H,53,55)(H,54,61). The van der Waals surface area contributed by atoms with Crippen LogP contribution in [-0.4, -0.2) is 86.9 Å². The summed E-state index contributed by atoms with van der Waals surface area (Å²) in [4.78, 5) is 56.9. The van der Waals surface area contributed by atoms with Gasteiger partial charge in [-0.05, 0) is 59.0 Å². The third kappa shape index (κ3) is 10.3. The molecule has 13 nitrogen and oxygen atoms in total. The number of amides is 2. The molecule has 5 aromatic carbocycles. The third-order valence-corrected chi connectivity index (χ3v) is 15.2. The van der Waals surface area contributed by atoms with Crippen molar-refractivity contribution < 1.29 is 24.0 Å². The molecule has 7 aromatic rings. The Kier molecular flexibility index (Phi) is 14.8. The highest BCUT2D eigenvalue weighted by atomic mass is 32.2. The van der Waals surface area contributed by atoms with Gasteiger partial charge in [0.15, 0.2) is 21.3 Å². The first-order valence-corrected chi connectivity index (χ1v) is 25.5. The van der Waals surface area contributed by atoms with Crippen LogP contribution in [0.1, 0.15) is 44.6 Å². The van der Waals surface area contributed by atoms with Crippen molar-refractivity contribution >= 4 is 74.8 Å². The summed E-state index contributed by atoms with van der Waals surface area (Å²) < 4.78 is 7.10. The molecule has 69 heavy (non-hydrogen) atoms. The van der Waals surface area contributed by atoms with Crippen LogP contribution >= 0.6 is 46.2 Å². The second-order valence-corrected chi connectivity index (χ2v) is 20.3. The lowest BCUT2D eigenvalue weighted by atomic mass is 9.77. The first-order valence-electron chi connectivity index (χ1n) is 21.8. The Morgan fingerprint density at radius 2 is 1.42 bits per heavy atom. The summed E-state index contributed by atoms with van der Waals surface area (Å²) in [5, 5.41) is 23.7. The third-order valence-electron chi connectivity index (χ3n) is 11.3. The summed E-state index contributed by atoms with van der Waals surface area (Å²) in [6, 6.07) is 48.3. The molecule has 2 aliphatic heterocycles. The summed E-state index contributed by atoms with van der Waals surface area (Å²) in [5.74, 6) is -1.47. The number of anilines is 1. The number of carbonyl (C=O) groups excluding carboxylic acids is 3. The van der Waals surface area contributed by atoms with Crippen molar-refractivity contribution in [2.24, 2.45) is 5.16 Å². The smallest absolute Gasteiger partial charge is 0.356 e. The fourth-order valence-electron chi connectivity index (χ4n) is 8.19. The number of β-lactam (4-membered cyclic amide) rings is 1. The minimum Gasteiger partial charge on any atom is -0.448 e. The number of thiazole rings is 1. The van der Waals surface area contributed by atoms with Crippen LogP contribution in [0.25, 0.3) is 0 Å². The minimum atomic E-state index is -0.999. The first kappa shape index (κ1) is 47.2. The van der Waals surface area contributed by atoms with Gasteiger partial charge in [0.05, 0.1) is 6.54 Å². The molecule has 2 atom stereocenters. The van der Waals surface area contributed by atoms with E-state index in [1.807, 2.05) is 146 Å². The Bertz CT molecular complexity index is 2850. The Morgan fingerprint density at radius 3 is 1.97 bits per heavy atom. The van der Waals surface area contributed by atoms with E-state index >= 15 is 0 Å². The number of aromatic nitrogens is 3. The van der Waals surface area contributed by atoms with Crippen LogP contribution in [0.15, 0.2) is 189 Å². The maximum atomic E-state index is 14.6. The topological polar surface area (TPSA) is 151 Å². The van der Waals surface area contributed by atoms with Crippen LogP contribution in [0, 0.1) is 0 Å². The number of carbonyl (C=O) groups is 3. The zero-order chi connectivity index (χ0) is 47.7. The van der Waals surface area contributed by atoms with Crippen molar-refractivity contribution in [3.05, 3.63) is 218 Å². The van der Waals surface area contributed by atoms with Crippen LogP contribution in [0.3, 0.4) is 0 Å². The largest absolute Gasteiger partial charge is 0.448 e. The molecule has 348 valence electrons. The zero-order valence-corrected chi connectivity index (χ0v) is 40.9. The van der Waals surface area contributed by atoms with Gasteiger partial charge in [0.2, 0.25) is 0 Å². The molecule has 0 radical (unpaired) electrons. The van der Waals surface area contributed by atoms with Gasteiger partial charge < -0.3 is 25.1 Å². The highest BCUT2D eigenvalue weighted by molar-refractivity contribution is 8.03. The number of ether oxygens (including phenoxy) is 1. The molecule has 2 amide bonds. The first-order chi connectivity index (χ1) is 33.7. The van der Waals surface area contributed by atoms with Gasteiger partial charge in [0, 0.05) is 11.1 Å².